The zero-order valence-electron chi connectivity index (χ0n) is 11.4. The van der Waals surface area contributed by atoms with Gasteiger partial charge in [0, 0.05) is 6.04 Å². The molecule has 1 aromatic rings. The average Bonchev–Trinajstić information content (AvgIpc) is 2.37. The zero-order chi connectivity index (χ0) is 14.4. The molecule has 0 aliphatic heterocycles. The quantitative estimate of drug-likeness (QED) is 0.805. The van der Waals surface area contributed by atoms with E-state index in [9.17, 15) is 4.79 Å². The molecular weight excluding hydrogens is 264 g/mol. The molecule has 19 heavy (non-hydrogen) atoms. The highest BCUT2D eigenvalue weighted by Crippen LogP contribution is 2.30. The van der Waals surface area contributed by atoms with Crippen molar-refractivity contribution < 1.29 is 9.53 Å². The number of carbonyl (C=O) groups is 1. The van der Waals surface area contributed by atoms with Gasteiger partial charge in [-0.05, 0) is 24.5 Å². The van der Waals surface area contributed by atoms with Crippen LogP contribution >= 0.6 is 11.6 Å². The predicted octanol–water partition coefficient (Wildman–Crippen LogP) is 2.12. The first-order valence-corrected chi connectivity index (χ1v) is 6.78. The second-order valence-corrected chi connectivity index (χ2v) is 5.12. The predicted molar refractivity (Wildman–Crippen MR) is 77.3 cm³/mol. The maximum Gasteiger partial charge on any atom is 0.223 e. The van der Waals surface area contributed by atoms with Crippen LogP contribution in [0.5, 0.6) is 5.75 Å². The van der Waals surface area contributed by atoms with Gasteiger partial charge < -0.3 is 16.2 Å². The lowest BCUT2D eigenvalue weighted by Crippen LogP contribution is -2.26. The molecule has 0 aromatic heterocycles. The fraction of sp³-hybridized carbons (Fsp3) is 0.500. The van der Waals surface area contributed by atoms with Gasteiger partial charge in [-0.2, -0.15) is 0 Å². The molecule has 0 bridgehead atoms. The second kappa shape index (κ2) is 7.36. The van der Waals surface area contributed by atoms with Crippen molar-refractivity contribution >= 4 is 17.5 Å². The average molecular weight is 285 g/mol. The lowest BCUT2D eigenvalue weighted by Gasteiger charge is -2.17. The van der Waals surface area contributed by atoms with Gasteiger partial charge in [0.15, 0.2) is 0 Å². The molecule has 4 N–H and O–H groups in total. The lowest BCUT2D eigenvalue weighted by atomic mass is 10.0. The zero-order valence-corrected chi connectivity index (χ0v) is 12.1. The molecule has 4 nitrogen and oxygen atoms in total. The molecule has 0 radical (unpaired) electrons. The molecule has 5 heteroatoms. The minimum atomic E-state index is -0.390. The van der Waals surface area contributed by atoms with E-state index in [1.807, 2.05) is 19.1 Å². The van der Waals surface area contributed by atoms with Gasteiger partial charge in [0.05, 0.1) is 17.5 Å². The van der Waals surface area contributed by atoms with Crippen LogP contribution in [0.3, 0.4) is 0 Å². The van der Waals surface area contributed by atoms with Crippen molar-refractivity contribution in [2.45, 2.75) is 32.7 Å². The SMILES string of the molecule is CCC(N)Cc1cccc(Cl)c1OCC(C)C(N)=O. The number of amides is 1. The van der Waals surface area contributed by atoms with E-state index in [0.717, 1.165) is 12.0 Å². The second-order valence-electron chi connectivity index (χ2n) is 4.71. The van der Waals surface area contributed by atoms with E-state index in [-0.39, 0.29) is 24.5 Å². The Hall–Kier alpha value is -1.26. The van der Waals surface area contributed by atoms with Crippen LogP contribution in [-0.4, -0.2) is 18.6 Å². The summed E-state index contributed by atoms with van der Waals surface area (Å²) in [5.41, 5.74) is 12.1. The Labute approximate surface area is 119 Å². The highest BCUT2D eigenvalue weighted by atomic mass is 35.5. The van der Waals surface area contributed by atoms with Crippen molar-refractivity contribution in [2.75, 3.05) is 6.61 Å². The van der Waals surface area contributed by atoms with E-state index in [1.165, 1.54) is 0 Å². The maximum atomic E-state index is 11.0. The molecule has 1 aromatic carbocycles. The lowest BCUT2D eigenvalue weighted by molar-refractivity contribution is -0.122. The summed E-state index contributed by atoms with van der Waals surface area (Å²) >= 11 is 6.14. The molecule has 106 valence electrons. The summed E-state index contributed by atoms with van der Waals surface area (Å²) in [4.78, 5) is 11.0. The third kappa shape index (κ3) is 4.73. The Morgan fingerprint density at radius 2 is 2.16 bits per heavy atom. The third-order valence-corrected chi connectivity index (χ3v) is 3.32. The molecule has 0 saturated heterocycles. The minimum absolute atomic E-state index is 0.0642. The van der Waals surface area contributed by atoms with E-state index < -0.39 is 0 Å². The van der Waals surface area contributed by atoms with Crippen LogP contribution in [0.15, 0.2) is 18.2 Å². The number of benzene rings is 1. The van der Waals surface area contributed by atoms with E-state index in [1.54, 1.807) is 13.0 Å². The number of para-hydroxylation sites is 1. The van der Waals surface area contributed by atoms with Gasteiger partial charge in [-0.3, -0.25) is 4.79 Å². The van der Waals surface area contributed by atoms with Crippen molar-refractivity contribution in [2.24, 2.45) is 17.4 Å². The molecular formula is C14H21ClN2O2. The third-order valence-electron chi connectivity index (χ3n) is 3.02. The number of hydrogen-bond donors (Lipinski definition) is 2. The Morgan fingerprint density at radius 3 is 2.74 bits per heavy atom. The van der Waals surface area contributed by atoms with E-state index in [2.05, 4.69) is 0 Å². The fourth-order valence-corrected chi connectivity index (χ4v) is 1.84. The number of ether oxygens (including phenoxy) is 1. The van der Waals surface area contributed by atoms with Crippen molar-refractivity contribution in [1.29, 1.82) is 0 Å². The Balaban J connectivity index is 2.82. The summed E-state index contributed by atoms with van der Waals surface area (Å²) in [6.07, 6.45) is 1.57. The molecule has 0 spiro atoms. The number of nitrogens with two attached hydrogens (primary N) is 2. The van der Waals surface area contributed by atoms with Gasteiger partial charge in [-0.1, -0.05) is 37.6 Å². The number of primary amides is 1. The summed E-state index contributed by atoms with van der Waals surface area (Å²) in [7, 11) is 0. The summed E-state index contributed by atoms with van der Waals surface area (Å²) < 4.78 is 5.65. The van der Waals surface area contributed by atoms with Crippen LogP contribution in [0, 0.1) is 5.92 Å². The first-order valence-electron chi connectivity index (χ1n) is 6.40. The first kappa shape index (κ1) is 15.8. The summed E-state index contributed by atoms with van der Waals surface area (Å²) in [5, 5.41) is 0.525. The first-order chi connectivity index (χ1) is 8.95. The molecule has 2 unspecified atom stereocenters. The van der Waals surface area contributed by atoms with Gasteiger partial charge >= 0.3 is 0 Å². The van der Waals surface area contributed by atoms with Crippen molar-refractivity contribution in [3.05, 3.63) is 28.8 Å². The molecule has 0 fully saturated rings. The van der Waals surface area contributed by atoms with Crippen LogP contribution < -0.4 is 16.2 Å². The molecule has 0 aliphatic rings. The molecule has 1 amide bonds. The van der Waals surface area contributed by atoms with Crippen LogP contribution in [0.2, 0.25) is 5.02 Å². The van der Waals surface area contributed by atoms with Gasteiger partial charge in [0.25, 0.3) is 0 Å². The van der Waals surface area contributed by atoms with Crippen LogP contribution in [0.25, 0.3) is 0 Å². The smallest absolute Gasteiger partial charge is 0.223 e. The number of rotatable bonds is 7. The van der Waals surface area contributed by atoms with Crippen molar-refractivity contribution in [1.82, 2.24) is 0 Å². The fourth-order valence-electron chi connectivity index (χ4n) is 1.59. The van der Waals surface area contributed by atoms with Crippen LogP contribution in [0.1, 0.15) is 25.8 Å². The summed E-state index contributed by atoms with van der Waals surface area (Å²) in [6, 6.07) is 5.62. The largest absolute Gasteiger partial charge is 0.491 e. The number of carbonyl (C=O) groups excluding carboxylic acids is 1. The van der Waals surface area contributed by atoms with Crippen LogP contribution in [0.4, 0.5) is 0 Å². The standard InChI is InChI=1S/C14H21ClN2O2/c1-3-11(16)7-10-5-4-6-12(15)13(10)19-8-9(2)14(17)18/h4-6,9,11H,3,7-8,16H2,1-2H3,(H2,17,18). The molecule has 0 heterocycles. The van der Waals surface area contributed by atoms with E-state index in [4.69, 9.17) is 27.8 Å². The Bertz CT molecular complexity index is 437. The van der Waals surface area contributed by atoms with Gasteiger partial charge in [0.1, 0.15) is 5.75 Å². The summed E-state index contributed by atoms with van der Waals surface area (Å²) in [5.74, 6) is -0.149. The molecule has 0 aliphatic carbocycles. The summed E-state index contributed by atoms with van der Waals surface area (Å²) in [6.45, 7) is 3.97. The van der Waals surface area contributed by atoms with Gasteiger partial charge in [0.2, 0.25) is 5.91 Å². The van der Waals surface area contributed by atoms with Crippen molar-refractivity contribution in [3.63, 3.8) is 0 Å². The topological polar surface area (TPSA) is 78.3 Å². The van der Waals surface area contributed by atoms with E-state index >= 15 is 0 Å². The Morgan fingerprint density at radius 1 is 1.47 bits per heavy atom. The highest BCUT2D eigenvalue weighted by molar-refractivity contribution is 6.32. The van der Waals surface area contributed by atoms with Crippen molar-refractivity contribution in [3.8, 4) is 5.75 Å². The highest BCUT2D eigenvalue weighted by Gasteiger charge is 2.14. The van der Waals surface area contributed by atoms with Crippen LogP contribution in [-0.2, 0) is 11.2 Å². The number of hydrogen-bond acceptors (Lipinski definition) is 3. The minimum Gasteiger partial charge on any atom is -0.491 e. The monoisotopic (exact) mass is 284 g/mol. The molecule has 1 rings (SSSR count). The molecule has 0 saturated carbocycles. The van der Waals surface area contributed by atoms with E-state index in [0.29, 0.717) is 17.2 Å². The maximum absolute atomic E-state index is 11.0. The number of halogens is 1. The van der Waals surface area contributed by atoms with Gasteiger partial charge in [-0.25, -0.2) is 0 Å². The van der Waals surface area contributed by atoms with Gasteiger partial charge in [-0.15, -0.1) is 0 Å². The Kier molecular flexibility index (Phi) is 6.12. The normalized spacial score (nSPS) is 13.9. The molecule has 2 atom stereocenters.